The lowest BCUT2D eigenvalue weighted by atomic mass is 9.49. The Morgan fingerprint density at radius 2 is 0.683 bits per heavy atom. The molecule has 1 aliphatic carbocycles. The molecule has 0 heteroatoms. The maximum atomic E-state index is 2.58. The second kappa shape index (κ2) is 13.5. The Balaban J connectivity index is 1.17. The van der Waals surface area contributed by atoms with Gasteiger partial charge in [-0.25, -0.2) is 0 Å². The summed E-state index contributed by atoms with van der Waals surface area (Å²) in [5.74, 6) is 0. The lowest BCUT2D eigenvalue weighted by Crippen LogP contribution is -2.50. The molecular weight excluding hydrogens is 757 g/mol. The highest BCUT2D eigenvalue weighted by Gasteiger charge is 2.59. The predicted octanol–water partition coefficient (Wildman–Crippen LogP) is 18.0. The van der Waals surface area contributed by atoms with Crippen molar-refractivity contribution in [1.29, 1.82) is 0 Å². The minimum atomic E-state index is -0.308. The lowest BCUT2D eigenvalue weighted by molar-refractivity contribution is 0.0977. The van der Waals surface area contributed by atoms with Crippen LogP contribution in [0.15, 0.2) is 194 Å². The van der Waals surface area contributed by atoms with Gasteiger partial charge in [-0.2, -0.15) is 0 Å². The van der Waals surface area contributed by atoms with E-state index in [1.165, 1.54) is 120 Å². The summed E-state index contributed by atoms with van der Waals surface area (Å²) in [4.78, 5) is 0. The Morgan fingerprint density at radius 3 is 1.27 bits per heavy atom. The van der Waals surface area contributed by atoms with E-state index in [1.807, 2.05) is 0 Å². The fraction of sp³-hybridized carbons (Fsp3) is 0.143. The van der Waals surface area contributed by atoms with E-state index in [1.54, 1.807) is 0 Å². The summed E-state index contributed by atoms with van der Waals surface area (Å²) in [6, 6.07) is 73.2. The van der Waals surface area contributed by atoms with Gasteiger partial charge in [0.25, 0.3) is 0 Å². The van der Waals surface area contributed by atoms with E-state index in [2.05, 4.69) is 236 Å². The van der Waals surface area contributed by atoms with Crippen molar-refractivity contribution in [3.8, 4) is 44.5 Å². The highest BCUT2D eigenvalue weighted by Crippen LogP contribution is 2.69. The van der Waals surface area contributed by atoms with Crippen LogP contribution in [-0.4, -0.2) is 0 Å². The van der Waals surface area contributed by atoms with Gasteiger partial charge in [-0.3, -0.25) is 0 Å². The first-order valence-electron chi connectivity index (χ1n) is 22.6. The number of hydrogen-bond donors (Lipinski definition) is 0. The van der Waals surface area contributed by atoms with Gasteiger partial charge in [-0.1, -0.05) is 224 Å². The molecule has 0 saturated carbocycles. The van der Waals surface area contributed by atoms with Crippen molar-refractivity contribution in [3.63, 3.8) is 0 Å². The molecule has 0 bridgehead atoms. The Bertz CT molecular complexity index is 3620. The Kier molecular flexibility index (Phi) is 8.08. The lowest BCUT2D eigenvalue weighted by Gasteiger charge is -2.54. The zero-order valence-corrected chi connectivity index (χ0v) is 37.0. The van der Waals surface area contributed by atoms with Crippen LogP contribution in [0.25, 0.3) is 109 Å². The average Bonchev–Trinajstić information content (AvgIpc) is 3.64. The minimum absolute atomic E-state index is 0.124. The highest BCUT2D eigenvalue weighted by atomic mass is 14.6. The first-order chi connectivity index (χ1) is 30.6. The molecule has 12 rings (SSSR count). The smallest absolute Gasteiger partial charge is 0.0324 e. The van der Waals surface area contributed by atoms with Gasteiger partial charge in [0.15, 0.2) is 0 Å². The Morgan fingerprint density at radius 1 is 0.270 bits per heavy atom. The third-order valence-electron chi connectivity index (χ3n) is 14.7. The molecule has 11 aromatic carbocycles. The van der Waals surface area contributed by atoms with Gasteiger partial charge in [0.2, 0.25) is 0 Å². The third kappa shape index (κ3) is 5.16. The molecule has 0 radical (unpaired) electrons. The molecule has 0 aromatic heterocycles. The fourth-order valence-electron chi connectivity index (χ4n) is 12.8. The van der Waals surface area contributed by atoms with Gasteiger partial charge in [0, 0.05) is 5.41 Å². The predicted molar refractivity (Wildman–Crippen MR) is 273 cm³/mol. The molecule has 1 aliphatic rings. The summed E-state index contributed by atoms with van der Waals surface area (Å²) in [7, 11) is 0. The molecule has 0 atom stereocenters. The largest absolute Gasteiger partial charge is 0.0616 e. The molecule has 0 aliphatic heterocycles. The maximum Gasteiger partial charge on any atom is 0.0324 e. The summed E-state index contributed by atoms with van der Waals surface area (Å²) < 4.78 is 0. The van der Waals surface area contributed by atoms with E-state index in [4.69, 9.17) is 0 Å². The summed E-state index contributed by atoms with van der Waals surface area (Å²) in [5.41, 5.74) is 12.7. The van der Waals surface area contributed by atoms with E-state index in [-0.39, 0.29) is 16.2 Å². The van der Waals surface area contributed by atoms with E-state index in [9.17, 15) is 0 Å². The van der Waals surface area contributed by atoms with Crippen molar-refractivity contribution >= 4 is 64.6 Å². The van der Waals surface area contributed by atoms with Gasteiger partial charge < -0.3 is 0 Å². The summed E-state index contributed by atoms with van der Waals surface area (Å²) in [6.07, 6.45) is 0. The number of rotatable bonds is 3. The van der Waals surface area contributed by atoms with Gasteiger partial charge in [-0.05, 0) is 143 Å². The monoisotopic (exact) mass is 806 g/mol. The molecule has 302 valence electrons. The molecule has 63 heavy (non-hydrogen) atoms. The van der Waals surface area contributed by atoms with Crippen LogP contribution in [0.1, 0.15) is 52.7 Å². The number of hydrogen-bond acceptors (Lipinski definition) is 0. The highest BCUT2D eigenvalue weighted by molar-refractivity contribution is 6.24. The quantitative estimate of drug-likeness (QED) is 0.123. The minimum Gasteiger partial charge on any atom is -0.0616 e. The first-order valence-corrected chi connectivity index (χ1v) is 22.6. The zero-order chi connectivity index (χ0) is 42.8. The van der Waals surface area contributed by atoms with Crippen molar-refractivity contribution in [3.05, 3.63) is 205 Å². The fourth-order valence-corrected chi connectivity index (χ4v) is 12.8. The van der Waals surface area contributed by atoms with E-state index in [0.29, 0.717) is 0 Å². The van der Waals surface area contributed by atoms with Crippen LogP contribution in [0.4, 0.5) is 0 Å². The van der Waals surface area contributed by atoms with Gasteiger partial charge in [0.05, 0.1) is 0 Å². The van der Waals surface area contributed by atoms with Crippen LogP contribution < -0.4 is 0 Å². The van der Waals surface area contributed by atoms with Crippen molar-refractivity contribution in [2.24, 2.45) is 10.8 Å². The van der Waals surface area contributed by atoms with Crippen LogP contribution in [0.5, 0.6) is 0 Å². The molecule has 0 amide bonds. The van der Waals surface area contributed by atoms with Gasteiger partial charge in [-0.15, -0.1) is 0 Å². The summed E-state index contributed by atoms with van der Waals surface area (Å²) >= 11 is 0. The molecule has 0 nitrogen and oxygen atoms in total. The average molecular weight is 807 g/mol. The first kappa shape index (κ1) is 37.7. The molecule has 0 saturated heterocycles. The molecule has 0 unspecified atom stereocenters. The van der Waals surface area contributed by atoms with Crippen LogP contribution in [0.2, 0.25) is 0 Å². The van der Waals surface area contributed by atoms with Crippen molar-refractivity contribution in [2.75, 3.05) is 0 Å². The second-order valence-electron chi connectivity index (χ2n) is 19.9. The standard InChI is InChI=1S/C63H50/c1-61(2,3)63(62(4,5)6)59-52-34-17-11-28-45(52)54(38-55(59)58-47-29-12-9-26-43(47)44-27-10-18-35-53(44)60(58)63)40-23-19-24-41(37-40)56-48-30-13-15-32-50(48)57(51-33-16-14-31-49(51)56)46-36-20-22-39-21-7-8-25-42(39)46/h7-38H,1-6H3. The molecule has 0 heterocycles. The maximum absolute atomic E-state index is 2.58. The van der Waals surface area contributed by atoms with Crippen LogP contribution in [0, 0.1) is 10.8 Å². The van der Waals surface area contributed by atoms with E-state index < -0.39 is 0 Å². The van der Waals surface area contributed by atoms with E-state index in [0.717, 1.165) is 0 Å². The van der Waals surface area contributed by atoms with Crippen molar-refractivity contribution in [1.82, 2.24) is 0 Å². The van der Waals surface area contributed by atoms with Gasteiger partial charge in [0.1, 0.15) is 0 Å². The molecule has 11 aromatic rings. The van der Waals surface area contributed by atoms with E-state index >= 15 is 0 Å². The summed E-state index contributed by atoms with van der Waals surface area (Å²) in [6.45, 7) is 14.9. The van der Waals surface area contributed by atoms with Crippen LogP contribution in [0.3, 0.4) is 0 Å². The van der Waals surface area contributed by atoms with Crippen molar-refractivity contribution < 1.29 is 0 Å². The topological polar surface area (TPSA) is 0 Å². The number of fused-ring (bicyclic) bond motifs is 13. The molecule has 0 N–H and O–H groups in total. The van der Waals surface area contributed by atoms with Crippen molar-refractivity contribution in [2.45, 2.75) is 47.0 Å². The Hall–Kier alpha value is -7.02. The molecule has 0 spiro atoms. The molecular formula is C63H50. The SMILES string of the molecule is CC(C)(C)C1(C(C)(C)C)c2c(cc(-c3cccc(-c4c5ccccc5c(-c5cccc6ccccc56)c5ccccc45)c3)c3ccccc23)-c2c1c1ccccc1c1ccccc21. The third-order valence-corrected chi connectivity index (χ3v) is 14.7. The van der Waals surface area contributed by atoms with Gasteiger partial charge >= 0.3 is 0 Å². The van der Waals surface area contributed by atoms with Crippen LogP contribution >= 0.6 is 0 Å². The number of benzene rings is 11. The second-order valence-corrected chi connectivity index (χ2v) is 19.9. The normalized spacial score (nSPS) is 13.7. The Labute approximate surface area is 370 Å². The molecule has 0 fully saturated rings. The van der Waals surface area contributed by atoms with Crippen LogP contribution in [-0.2, 0) is 5.41 Å². The zero-order valence-electron chi connectivity index (χ0n) is 37.0. The summed E-state index contributed by atoms with van der Waals surface area (Å²) in [5, 5.41) is 15.6.